The fraction of sp³-hybridized carbons (Fsp3) is 0.0417. The van der Waals surface area contributed by atoms with E-state index in [0.717, 1.165) is 20.7 Å². The van der Waals surface area contributed by atoms with E-state index in [1.54, 1.807) is 18.2 Å². The second-order valence-corrected chi connectivity index (χ2v) is 8.46. The molecule has 0 spiro atoms. The number of aromatic nitrogens is 1. The minimum Gasteiger partial charge on any atom is -0.321 e. The van der Waals surface area contributed by atoms with Gasteiger partial charge in [-0.15, -0.1) is 0 Å². The summed E-state index contributed by atoms with van der Waals surface area (Å²) in [6.07, 6.45) is 0. The van der Waals surface area contributed by atoms with Crippen LogP contribution in [0.5, 0.6) is 0 Å². The standard InChI is InChI=1S/C24H13N3O4S/c1-27-23(30)12-9-8-11(10-15(12)24(27)31)22(29)25-16-6-2-4-13-18(16)21(28)14-5-3-7-17-19(14)20(13)26-32-17/h2-10H,1H3,(H,25,29). The highest BCUT2D eigenvalue weighted by Crippen LogP contribution is 2.42. The zero-order valence-electron chi connectivity index (χ0n) is 16.6. The smallest absolute Gasteiger partial charge is 0.261 e. The summed E-state index contributed by atoms with van der Waals surface area (Å²) in [7, 11) is 1.40. The minimum absolute atomic E-state index is 0.175. The van der Waals surface area contributed by atoms with Crippen molar-refractivity contribution in [3.8, 4) is 11.3 Å². The van der Waals surface area contributed by atoms with Gasteiger partial charge in [0.2, 0.25) is 0 Å². The van der Waals surface area contributed by atoms with Crippen LogP contribution in [0.1, 0.15) is 47.0 Å². The number of imide groups is 1. The maximum atomic E-state index is 13.3. The first-order valence-corrected chi connectivity index (χ1v) is 10.6. The molecule has 0 bridgehead atoms. The molecule has 0 atom stereocenters. The molecule has 32 heavy (non-hydrogen) atoms. The SMILES string of the molecule is CN1C(=O)c2ccc(C(=O)Nc3cccc4c3C(=O)c3cccc5snc-4c35)cc2C1=O. The summed E-state index contributed by atoms with van der Waals surface area (Å²) in [6.45, 7) is 0. The Hall–Kier alpha value is -4.17. The van der Waals surface area contributed by atoms with Gasteiger partial charge in [0.15, 0.2) is 5.78 Å². The largest absolute Gasteiger partial charge is 0.321 e. The predicted molar refractivity (Wildman–Crippen MR) is 119 cm³/mol. The Morgan fingerprint density at radius 2 is 1.66 bits per heavy atom. The zero-order chi connectivity index (χ0) is 22.1. The van der Waals surface area contributed by atoms with Crippen LogP contribution in [0.3, 0.4) is 0 Å². The van der Waals surface area contributed by atoms with Crippen LogP contribution in [-0.4, -0.2) is 39.8 Å². The summed E-state index contributed by atoms with van der Waals surface area (Å²) in [5.41, 5.74) is 3.40. The second kappa shape index (κ2) is 6.41. The van der Waals surface area contributed by atoms with E-state index >= 15 is 0 Å². The first-order chi connectivity index (χ1) is 15.5. The molecule has 3 amide bonds. The number of hydrogen-bond donors (Lipinski definition) is 1. The molecule has 7 nitrogen and oxygen atoms in total. The maximum absolute atomic E-state index is 13.3. The number of anilines is 1. The van der Waals surface area contributed by atoms with Gasteiger partial charge in [-0.25, -0.2) is 0 Å². The molecular weight excluding hydrogens is 426 g/mol. The first kappa shape index (κ1) is 18.6. The van der Waals surface area contributed by atoms with E-state index in [0.29, 0.717) is 22.4 Å². The number of rotatable bonds is 2. The van der Waals surface area contributed by atoms with Crippen LogP contribution in [0, 0.1) is 0 Å². The molecule has 0 saturated carbocycles. The second-order valence-electron chi connectivity index (χ2n) is 7.65. The van der Waals surface area contributed by atoms with E-state index < -0.39 is 17.7 Å². The van der Waals surface area contributed by atoms with Crippen molar-refractivity contribution in [2.45, 2.75) is 0 Å². The van der Waals surface area contributed by atoms with Crippen molar-refractivity contribution in [1.29, 1.82) is 0 Å². The number of carbonyl (C=O) groups excluding carboxylic acids is 4. The van der Waals surface area contributed by atoms with Crippen LogP contribution in [-0.2, 0) is 0 Å². The van der Waals surface area contributed by atoms with Gasteiger partial charge in [-0.2, -0.15) is 4.37 Å². The monoisotopic (exact) mass is 439 g/mol. The van der Waals surface area contributed by atoms with Crippen molar-refractivity contribution in [3.63, 3.8) is 0 Å². The Morgan fingerprint density at radius 1 is 0.906 bits per heavy atom. The number of hydrogen-bond acceptors (Lipinski definition) is 6. The highest BCUT2D eigenvalue weighted by Gasteiger charge is 2.34. The molecule has 0 radical (unpaired) electrons. The van der Waals surface area contributed by atoms with Gasteiger partial charge in [0.05, 0.1) is 32.8 Å². The fourth-order valence-electron chi connectivity index (χ4n) is 4.30. The molecule has 1 aliphatic heterocycles. The molecule has 6 rings (SSSR count). The van der Waals surface area contributed by atoms with Gasteiger partial charge in [0.25, 0.3) is 17.7 Å². The quantitative estimate of drug-likeness (QED) is 0.420. The van der Waals surface area contributed by atoms with E-state index in [2.05, 4.69) is 9.69 Å². The Labute approximate surface area is 185 Å². The highest BCUT2D eigenvalue weighted by atomic mass is 32.1. The third-order valence-electron chi connectivity index (χ3n) is 5.89. The van der Waals surface area contributed by atoms with Crippen molar-refractivity contribution >= 4 is 50.8 Å². The molecule has 2 aliphatic rings. The normalized spacial score (nSPS) is 14.0. The zero-order valence-corrected chi connectivity index (χ0v) is 17.4. The number of carbonyl (C=O) groups is 4. The van der Waals surface area contributed by atoms with Crippen LogP contribution < -0.4 is 5.32 Å². The Bertz CT molecular complexity index is 1550. The molecule has 3 aromatic carbocycles. The van der Waals surface area contributed by atoms with Gasteiger partial charge in [0.1, 0.15) is 0 Å². The summed E-state index contributed by atoms with van der Waals surface area (Å²) in [4.78, 5) is 51.7. The highest BCUT2D eigenvalue weighted by molar-refractivity contribution is 7.13. The number of ketones is 1. The lowest BCUT2D eigenvalue weighted by molar-refractivity contribution is 0.0692. The third kappa shape index (κ3) is 2.38. The van der Waals surface area contributed by atoms with Gasteiger partial charge in [-0.05, 0) is 41.9 Å². The van der Waals surface area contributed by atoms with E-state index in [-0.39, 0.29) is 22.5 Å². The average molecular weight is 439 g/mol. The molecule has 1 aliphatic carbocycles. The van der Waals surface area contributed by atoms with Crippen molar-refractivity contribution in [1.82, 2.24) is 9.27 Å². The molecule has 154 valence electrons. The van der Waals surface area contributed by atoms with Crippen molar-refractivity contribution < 1.29 is 19.2 Å². The van der Waals surface area contributed by atoms with Crippen LogP contribution >= 0.6 is 11.5 Å². The predicted octanol–water partition coefficient (Wildman–Crippen LogP) is 3.99. The van der Waals surface area contributed by atoms with E-state index in [1.165, 1.54) is 36.8 Å². The van der Waals surface area contributed by atoms with Crippen LogP contribution in [0.25, 0.3) is 21.3 Å². The van der Waals surface area contributed by atoms with Gasteiger partial charge in [0, 0.05) is 29.1 Å². The van der Waals surface area contributed by atoms with Crippen molar-refractivity contribution in [2.75, 3.05) is 12.4 Å². The average Bonchev–Trinajstić information content (AvgIpc) is 3.33. The summed E-state index contributed by atoms with van der Waals surface area (Å²) >= 11 is 1.33. The summed E-state index contributed by atoms with van der Waals surface area (Å²) in [5, 5.41) is 3.64. The number of nitrogens with zero attached hydrogens (tertiary/aromatic N) is 2. The molecule has 1 N–H and O–H groups in total. The summed E-state index contributed by atoms with van der Waals surface area (Å²) in [6, 6.07) is 15.2. The number of fused-ring (bicyclic) bond motifs is 3. The van der Waals surface area contributed by atoms with Crippen molar-refractivity contribution in [2.24, 2.45) is 0 Å². The van der Waals surface area contributed by atoms with E-state index in [1.807, 2.05) is 18.2 Å². The Morgan fingerprint density at radius 3 is 2.50 bits per heavy atom. The number of nitrogens with one attached hydrogen (secondary N) is 1. The van der Waals surface area contributed by atoms with E-state index in [9.17, 15) is 19.2 Å². The summed E-state index contributed by atoms with van der Waals surface area (Å²) < 4.78 is 5.48. The number of benzene rings is 3. The molecular formula is C24H13N3O4S. The van der Waals surface area contributed by atoms with Gasteiger partial charge < -0.3 is 5.32 Å². The lowest BCUT2D eigenvalue weighted by Crippen LogP contribution is -2.24. The molecule has 4 aromatic rings. The van der Waals surface area contributed by atoms with Crippen LogP contribution in [0.4, 0.5) is 5.69 Å². The molecule has 8 heteroatoms. The Balaban J connectivity index is 1.42. The van der Waals surface area contributed by atoms with Gasteiger partial charge >= 0.3 is 0 Å². The molecule has 2 heterocycles. The lowest BCUT2D eigenvalue weighted by Gasteiger charge is -2.19. The van der Waals surface area contributed by atoms with Crippen LogP contribution in [0.2, 0.25) is 0 Å². The topological polar surface area (TPSA) is 96.4 Å². The molecule has 0 fully saturated rings. The van der Waals surface area contributed by atoms with Crippen LogP contribution in [0.15, 0.2) is 54.6 Å². The summed E-state index contributed by atoms with van der Waals surface area (Å²) in [5.74, 6) is -1.50. The van der Waals surface area contributed by atoms with Gasteiger partial charge in [-0.1, -0.05) is 24.3 Å². The molecule has 0 saturated heterocycles. The Kier molecular flexibility index (Phi) is 3.73. The first-order valence-electron chi connectivity index (χ1n) is 9.80. The third-order valence-corrected chi connectivity index (χ3v) is 6.70. The minimum atomic E-state index is -0.480. The maximum Gasteiger partial charge on any atom is 0.261 e. The van der Waals surface area contributed by atoms with Crippen molar-refractivity contribution in [3.05, 3.63) is 82.4 Å². The fourth-order valence-corrected chi connectivity index (χ4v) is 5.11. The lowest BCUT2D eigenvalue weighted by atomic mass is 9.86. The van der Waals surface area contributed by atoms with Gasteiger partial charge in [-0.3, -0.25) is 24.1 Å². The molecule has 1 aromatic heterocycles. The number of amides is 3. The van der Waals surface area contributed by atoms with E-state index in [4.69, 9.17) is 0 Å². The molecule has 0 unspecified atom stereocenters.